The van der Waals surface area contributed by atoms with Crippen molar-refractivity contribution in [1.29, 1.82) is 0 Å². The highest BCUT2D eigenvalue weighted by atomic mass is 32.2. The molecule has 0 spiro atoms. The zero-order chi connectivity index (χ0) is 28.6. The Morgan fingerprint density at radius 1 is 0.951 bits per heavy atom. The highest BCUT2D eigenvalue weighted by Gasteiger charge is 2.27. The Morgan fingerprint density at radius 2 is 1.68 bits per heavy atom. The molecule has 0 bridgehead atoms. The van der Waals surface area contributed by atoms with E-state index in [4.69, 9.17) is 9.15 Å². The van der Waals surface area contributed by atoms with Crippen LogP contribution in [0, 0.1) is 0 Å². The number of fused-ring (bicyclic) bond motifs is 3. The minimum Gasteiger partial charge on any atom is -0.748 e. The predicted molar refractivity (Wildman–Crippen MR) is 160 cm³/mol. The van der Waals surface area contributed by atoms with E-state index in [0.29, 0.717) is 30.5 Å². The predicted octanol–water partition coefficient (Wildman–Crippen LogP) is 6.55. The number of hydrogen-bond acceptors (Lipinski definition) is 6. The van der Waals surface area contributed by atoms with Crippen LogP contribution in [0.5, 0.6) is 5.75 Å². The number of benzene rings is 4. The van der Waals surface area contributed by atoms with E-state index in [-0.39, 0.29) is 6.42 Å². The molecule has 1 aromatic heterocycles. The molecule has 0 amide bonds. The first-order chi connectivity index (χ1) is 19.8. The summed E-state index contributed by atoms with van der Waals surface area (Å²) in [6.45, 7) is 2.39. The number of aromatic nitrogens is 1. The first-order valence-electron chi connectivity index (χ1n) is 13.6. The van der Waals surface area contributed by atoms with Crippen LogP contribution in [-0.4, -0.2) is 25.3 Å². The molecule has 5 aromatic rings. The van der Waals surface area contributed by atoms with Gasteiger partial charge < -0.3 is 18.6 Å². The maximum atomic E-state index is 11.3. The minimum atomic E-state index is -4.32. The van der Waals surface area contributed by atoms with Crippen molar-refractivity contribution in [2.24, 2.45) is 7.05 Å². The van der Waals surface area contributed by atoms with Crippen molar-refractivity contribution in [1.82, 2.24) is 0 Å². The second-order valence-corrected chi connectivity index (χ2v) is 11.7. The first-order valence-corrected chi connectivity index (χ1v) is 15.2. The van der Waals surface area contributed by atoms with Gasteiger partial charge in [0.05, 0.1) is 21.9 Å². The molecule has 8 heteroatoms. The van der Waals surface area contributed by atoms with Gasteiger partial charge in [-0.3, -0.25) is 0 Å². The van der Waals surface area contributed by atoms with Gasteiger partial charge in [-0.05, 0) is 58.5 Å². The highest BCUT2D eigenvalue weighted by Crippen LogP contribution is 2.42. The van der Waals surface area contributed by atoms with Crippen molar-refractivity contribution in [2.75, 3.05) is 17.2 Å². The normalized spacial score (nSPS) is 14.7. The number of oxazole rings is 1. The Labute approximate surface area is 239 Å². The lowest BCUT2D eigenvalue weighted by Crippen LogP contribution is -2.29. The smallest absolute Gasteiger partial charge is 0.374 e. The molecule has 0 saturated carbocycles. The van der Waals surface area contributed by atoms with Crippen LogP contribution in [0.15, 0.2) is 107 Å². The highest BCUT2D eigenvalue weighted by molar-refractivity contribution is 7.85. The summed E-state index contributed by atoms with van der Waals surface area (Å²) in [5.41, 5.74) is 5.84. The minimum absolute atomic E-state index is 0.187. The molecule has 0 N–H and O–H groups in total. The van der Waals surface area contributed by atoms with Gasteiger partial charge in [-0.15, -0.1) is 0 Å². The van der Waals surface area contributed by atoms with Crippen molar-refractivity contribution in [2.45, 2.75) is 19.8 Å². The maximum absolute atomic E-state index is 11.3. The van der Waals surface area contributed by atoms with Crippen LogP contribution in [0.3, 0.4) is 0 Å². The number of anilines is 1. The van der Waals surface area contributed by atoms with Crippen LogP contribution < -0.4 is 14.2 Å². The Kier molecular flexibility index (Phi) is 7.11. The van der Waals surface area contributed by atoms with E-state index in [0.717, 1.165) is 44.3 Å². The number of rotatable bonds is 8. The van der Waals surface area contributed by atoms with Gasteiger partial charge in [-0.1, -0.05) is 67.6 Å². The largest absolute Gasteiger partial charge is 0.748 e. The number of nitrogens with zero attached hydrogens (tertiary/aromatic N) is 2. The van der Waals surface area contributed by atoms with E-state index in [9.17, 15) is 13.0 Å². The van der Waals surface area contributed by atoms with Crippen LogP contribution in [0.4, 0.5) is 5.69 Å². The Morgan fingerprint density at radius 3 is 2.41 bits per heavy atom. The van der Waals surface area contributed by atoms with Gasteiger partial charge in [0.15, 0.2) is 5.75 Å². The van der Waals surface area contributed by atoms with E-state index >= 15 is 0 Å². The molecular formula is C33H30N2O5S. The van der Waals surface area contributed by atoms with Crippen LogP contribution in [-0.2, 0) is 17.2 Å². The Hall–Kier alpha value is -4.40. The number of allylic oxidation sites excluding steroid dienone is 2. The fourth-order valence-electron chi connectivity index (χ4n) is 5.19. The Balaban J connectivity index is 1.36. The van der Waals surface area contributed by atoms with E-state index in [1.165, 1.54) is 0 Å². The number of ether oxygens (including phenoxy) is 1. The summed E-state index contributed by atoms with van der Waals surface area (Å²) in [6, 6.07) is 28.4. The average Bonchev–Trinajstić information content (AvgIpc) is 3.46. The fourth-order valence-corrected chi connectivity index (χ4v) is 5.67. The molecule has 7 nitrogen and oxygen atoms in total. The van der Waals surface area contributed by atoms with Crippen molar-refractivity contribution in [3.8, 4) is 16.9 Å². The van der Waals surface area contributed by atoms with Gasteiger partial charge in [-0.25, -0.2) is 8.42 Å². The third kappa shape index (κ3) is 5.62. The average molecular weight is 567 g/mol. The second kappa shape index (κ2) is 10.9. The summed E-state index contributed by atoms with van der Waals surface area (Å²) >= 11 is 0. The molecule has 0 unspecified atom stereocenters. The third-order valence-corrected chi connectivity index (χ3v) is 8.16. The topological polar surface area (TPSA) is 86.7 Å². The first kappa shape index (κ1) is 26.8. The summed E-state index contributed by atoms with van der Waals surface area (Å²) in [6.07, 6.45) is 4.85. The standard InChI is InChI=1S/C33H30N2O5S/c1-3-23(18-32-34(2)28-20-27(14-15-30(28)39-32)24-10-5-4-6-11-24)19-33-35(16-9-17-41(36,37)38)29-21-25-12-7-8-13-26(25)22-31(29)40-33/h4-8,10-15,18-22H,3,9,16-17H2,1-2H3. The zero-order valence-corrected chi connectivity index (χ0v) is 23.7. The monoisotopic (exact) mass is 566 g/mol. The summed E-state index contributed by atoms with van der Waals surface area (Å²) in [5.74, 6) is 1.54. The molecular weight excluding hydrogens is 536 g/mol. The van der Waals surface area contributed by atoms with E-state index in [1.54, 1.807) is 0 Å². The third-order valence-electron chi connectivity index (χ3n) is 7.37. The van der Waals surface area contributed by atoms with Gasteiger partial charge >= 0.3 is 5.89 Å². The molecule has 0 fully saturated rings. The SMILES string of the molecule is CCC(/C=C1\Oc2cc3ccccc3cc2N1CCCS(=O)(=O)[O-])=C\c1oc2ccc(-c3ccccc3)cc2[n+]1C. The number of hydrogen-bond donors (Lipinski definition) is 0. The molecule has 0 radical (unpaired) electrons. The molecule has 1 aliphatic heterocycles. The van der Waals surface area contributed by atoms with E-state index < -0.39 is 15.9 Å². The van der Waals surface area contributed by atoms with Crippen LogP contribution in [0.25, 0.3) is 39.1 Å². The van der Waals surface area contributed by atoms with Crippen LogP contribution >= 0.6 is 0 Å². The van der Waals surface area contributed by atoms with Crippen molar-refractivity contribution in [3.05, 3.63) is 108 Å². The summed E-state index contributed by atoms with van der Waals surface area (Å²) in [4.78, 5) is 1.95. The van der Waals surface area contributed by atoms with Crippen molar-refractivity contribution in [3.63, 3.8) is 0 Å². The van der Waals surface area contributed by atoms with Gasteiger partial charge in [-0.2, -0.15) is 4.57 Å². The van der Waals surface area contributed by atoms with Gasteiger partial charge in [0.2, 0.25) is 11.5 Å². The van der Waals surface area contributed by atoms with Crippen molar-refractivity contribution >= 4 is 43.8 Å². The molecule has 0 atom stereocenters. The second-order valence-electron chi connectivity index (χ2n) is 10.1. The molecule has 208 valence electrons. The fraction of sp³-hybridized carbons (Fsp3) is 0.182. The lowest BCUT2D eigenvalue weighted by Gasteiger charge is -2.19. The van der Waals surface area contributed by atoms with Crippen LogP contribution in [0.1, 0.15) is 25.7 Å². The molecule has 4 aromatic carbocycles. The summed E-state index contributed by atoms with van der Waals surface area (Å²) < 4.78 is 48.5. The lowest BCUT2D eigenvalue weighted by molar-refractivity contribution is -0.652. The van der Waals surface area contributed by atoms with E-state index in [2.05, 4.69) is 31.2 Å². The zero-order valence-electron chi connectivity index (χ0n) is 22.9. The van der Waals surface area contributed by atoms with Gasteiger partial charge in [0, 0.05) is 24.4 Å². The Bertz CT molecular complexity index is 1920. The van der Waals surface area contributed by atoms with E-state index in [1.807, 2.05) is 89.3 Å². The van der Waals surface area contributed by atoms with Crippen molar-refractivity contribution < 1.29 is 26.7 Å². The van der Waals surface area contributed by atoms with Gasteiger partial charge in [0.1, 0.15) is 7.05 Å². The molecule has 0 saturated heterocycles. The molecule has 2 heterocycles. The lowest BCUT2D eigenvalue weighted by atomic mass is 10.1. The van der Waals surface area contributed by atoms with Gasteiger partial charge in [0.25, 0.3) is 5.52 Å². The quantitative estimate of drug-likeness (QED) is 0.156. The summed E-state index contributed by atoms with van der Waals surface area (Å²) in [5, 5.41) is 2.10. The molecule has 1 aliphatic rings. The molecule has 0 aliphatic carbocycles. The molecule has 6 rings (SSSR count). The van der Waals surface area contributed by atoms with Crippen LogP contribution in [0.2, 0.25) is 0 Å². The number of aryl methyl sites for hydroxylation is 1. The molecule has 41 heavy (non-hydrogen) atoms. The summed E-state index contributed by atoms with van der Waals surface area (Å²) in [7, 11) is -2.33. The maximum Gasteiger partial charge on any atom is 0.374 e.